The third-order valence-electron chi connectivity index (χ3n) is 7.04. The van der Waals surface area contributed by atoms with Crippen LogP contribution in [0, 0.1) is 0 Å². The number of anilines is 2. The molecule has 0 radical (unpaired) electrons. The van der Waals surface area contributed by atoms with Crippen molar-refractivity contribution in [3.8, 4) is 22.4 Å². The van der Waals surface area contributed by atoms with E-state index in [1.165, 1.54) is 22.3 Å². The first-order valence-electron chi connectivity index (χ1n) is 12.2. The Morgan fingerprint density at radius 2 is 1.42 bits per heavy atom. The number of hydrogen-bond acceptors (Lipinski definition) is 3. The maximum absolute atomic E-state index is 5.17. The molecule has 1 aliphatic carbocycles. The highest BCUT2D eigenvalue weighted by atomic mass is 15.2. The minimum Gasteiger partial charge on any atom is -0.299 e. The molecule has 2 heterocycles. The zero-order valence-electron chi connectivity index (χ0n) is 19.7. The molecule has 0 atom stereocenters. The van der Waals surface area contributed by atoms with Crippen molar-refractivity contribution in [2.75, 3.05) is 4.90 Å². The summed E-state index contributed by atoms with van der Waals surface area (Å²) in [6, 6.07) is 33.5. The number of nitrogens with zero attached hydrogens (tertiary/aromatic N) is 3. The lowest BCUT2D eigenvalue weighted by Crippen LogP contribution is -2.16. The Labute approximate surface area is 210 Å². The van der Waals surface area contributed by atoms with E-state index in [1.807, 2.05) is 42.5 Å². The van der Waals surface area contributed by atoms with Crippen LogP contribution in [0.1, 0.15) is 11.1 Å². The van der Waals surface area contributed by atoms with E-state index in [9.17, 15) is 0 Å². The van der Waals surface area contributed by atoms with E-state index in [2.05, 4.69) is 84.4 Å². The van der Waals surface area contributed by atoms with Crippen LogP contribution in [-0.4, -0.2) is 9.97 Å². The number of allylic oxidation sites excluding steroid dienone is 4. The van der Waals surface area contributed by atoms with E-state index in [1.54, 1.807) is 0 Å². The van der Waals surface area contributed by atoms with Gasteiger partial charge in [-0.3, -0.25) is 4.90 Å². The highest BCUT2D eigenvalue weighted by Crippen LogP contribution is 2.47. The topological polar surface area (TPSA) is 29.0 Å². The van der Waals surface area contributed by atoms with Gasteiger partial charge in [-0.1, -0.05) is 91.5 Å². The van der Waals surface area contributed by atoms with Crippen molar-refractivity contribution in [1.82, 2.24) is 9.97 Å². The van der Waals surface area contributed by atoms with E-state index >= 15 is 0 Å². The molecular formula is C33H23N3. The number of fused-ring (bicyclic) bond motifs is 4. The largest absolute Gasteiger partial charge is 0.299 e. The molecule has 0 spiro atoms. The van der Waals surface area contributed by atoms with Crippen LogP contribution in [0.25, 0.3) is 39.0 Å². The van der Waals surface area contributed by atoms with Crippen LogP contribution in [0.3, 0.4) is 0 Å². The van der Waals surface area contributed by atoms with Gasteiger partial charge in [0.25, 0.3) is 0 Å². The smallest absolute Gasteiger partial charge is 0.164 e. The Hall–Kier alpha value is -4.76. The summed E-state index contributed by atoms with van der Waals surface area (Å²) in [5, 5.41) is 0. The summed E-state index contributed by atoms with van der Waals surface area (Å²) in [6.07, 6.45) is 7.26. The second-order valence-electron chi connectivity index (χ2n) is 9.17. The lowest BCUT2D eigenvalue weighted by atomic mass is 9.91. The van der Waals surface area contributed by atoms with Gasteiger partial charge in [-0.15, -0.1) is 0 Å². The summed E-state index contributed by atoms with van der Waals surface area (Å²) in [5.74, 6) is 0.798. The molecule has 0 N–H and O–H groups in total. The molecule has 5 aromatic rings. The van der Waals surface area contributed by atoms with E-state index in [4.69, 9.17) is 9.97 Å². The van der Waals surface area contributed by atoms with Crippen molar-refractivity contribution in [2.45, 2.75) is 6.42 Å². The van der Waals surface area contributed by atoms with Gasteiger partial charge in [-0.25, -0.2) is 9.97 Å². The molecule has 0 amide bonds. The maximum atomic E-state index is 5.17. The Kier molecular flexibility index (Phi) is 4.68. The standard InChI is InChI=1S/C33H23N3/c1-22-24-14-10-20-36(30-19-9-16-27(31(22)30)26-15-6-5-13-25(26)21-24)33-32(23-11-3-2-4-12-23)34-28-17-7-8-18-29(28)35-33/h2-20H,1,21H2/b20-10-,24-14-. The average molecular weight is 462 g/mol. The van der Waals surface area contributed by atoms with E-state index in [-0.39, 0.29) is 0 Å². The Balaban J connectivity index is 1.55. The molecular weight excluding hydrogens is 438 g/mol. The summed E-state index contributed by atoms with van der Waals surface area (Å²) in [4.78, 5) is 12.4. The molecule has 0 unspecified atom stereocenters. The van der Waals surface area contributed by atoms with Gasteiger partial charge < -0.3 is 0 Å². The highest BCUT2D eigenvalue weighted by Gasteiger charge is 2.27. The van der Waals surface area contributed by atoms with E-state index in [0.717, 1.165) is 51.4 Å². The molecule has 3 heteroatoms. The van der Waals surface area contributed by atoms with Crippen molar-refractivity contribution in [3.63, 3.8) is 0 Å². The van der Waals surface area contributed by atoms with Crippen molar-refractivity contribution < 1.29 is 0 Å². The first-order valence-corrected chi connectivity index (χ1v) is 12.2. The first-order chi connectivity index (χ1) is 17.8. The van der Waals surface area contributed by atoms with Crippen LogP contribution in [0.2, 0.25) is 0 Å². The maximum Gasteiger partial charge on any atom is 0.164 e. The fourth-order valence-electron chi connectivity index (χ4n) is 5.31. The Bertz CT molecular complexity index is 1730. The summed E-state index contributed by atoms with van der Waals surface area (Å²) in [5.41, 5.74) is 11.9. The second kappa shape index (κ2) is 8.17. The number of hydrogen-bond donors (Lipinski definition) is 0. The van der Waals surface area contributed by atoms with E-state index < -0.39 is 0 Å². The van der Waals surface area contributed by atoms with E-state index in [0.29, 0.717) is 0 Å². The molecule has 2 bridgehead atoms. The molecule has 2 aliphatic rings. The van der Waals surface area contributed by atoms with Gasteiger partial charge in [-0.05, 0) is 58.5 Å². The zero-order valence-corrected chi connectivity index (χ0v) is 19.7. The fourth-order valence-corrected chi connectivity index (χ4v) is 5.31. The molecule has 1 aromatic heterocycles. The van der Waals surface area contributed by atoms with Gasteiger partial charge in [0.2, 0.25) is 0 Å². The number of para-hydroxylation sites is 2. The highest BCUT2D eigenvalue weighted by molar-refractivity contribution is 5.99. The van der Waals surface area contributed by atoms with Gasteiger partial charge in [-0.2, -0.15) is 0 Å². The Morgan fingerprint density at radius 3 is 2.28 bits per heavy atom. The monoisotopic (exact) mass is 461 g/mol. The zero-order chi connectivity index (χ0) is 24.1. The molecule has 0 saturated carbocycles. The number of benzene rings is 4. The molecule has 7 rings (SSSR count). The van der Waals surface area contributed by atoms with Crippen molar-refractivity contribution in [2.24, 2.45) is 0 Å². The summed E-state index contributed by atoms with van der Waals surface area (Å²) < 4.78 is 0. The van der Waals surface area contributed by atoms with Crippen LogP contribution >= 0.6 is 0 Å². The van der Waals surface area contributed by atoms with Gasteiger partial charge in [0.15, 0.2) is 5.82 Å². The van der Waals surface area contributed by atoms with Crippen LogP contribution in [0.5, 0.6) is 0 Å². The second-order valence-corrected chi connectivity index (χ2v) is 9.17. The quantitative estimate of drug-likeness (QED) is 0.266. The van der Waals surface area contributed by atoms with Crippen LogP contribution in [-0.2, 0) is 6.42 Å². The molecule has 0 saturated heterocycles. The van der Waals surface area contributed by atoms with Crippen molar-refractivity contribution in [1.29, 1.82) is 0 Å². The minimum atomic E-state index is 0.798. The summed E-state index contributed by atoms with van der Waals surface area (Å²) in [7, 11) is 0. The van der Waals surface area contributed by atoms with Crippen LogP contribution in [0.4, 0.5) is 11.5 Å². The third-order valence-corrected chi connectivity index (χ3v) is 7.04. The first kappa shape index (κ1) is 20.6. The van der Waals surface area contributed by atoms with Gasteiger partial charge in [0.05, 0.1) is 16.7 Å². The van der Waals surface area contributed by atoms with Gasteiger partial charge in [0.1, 0.15) is 5.69 Å². The number of rotatable bonds is 2. The van der Waals surface area contributed by atoms with Crippen molar-refractivity contribution in [3.05, 3.63) is 139 Å². The molecule has 0 fully saturated rings. The van der Waals surface area contributed by atoms with Gasteiger partial charge in [0, 0.05) is 17.3 Å². The minimum absolute atomic E-state index is 0.798. The fraction of sp³-hybridized carbons (Fsp3) is 0.0303. The van der Waals surface area contributed by atoms with Crippen molar-refractivity contribution >= 4 is 28.1 Å². The predicted octanol–water partition coefficient (Wildman–Crippen LogP) is 8.12. The number of aromatic nitrogens is 2. The molecule has 1 aliphatic heterocycles. The lowest BCUT2D eigenvalue weighted by Gasteiger charge is -2.28. The molecule has 4 aromatic carbocycles. The van der Waals surface area contributed by atoms with Gasteiger partial charge >= 0.3 is 0 Å². The molecule has 36 heavy (non-hydrogen) atoms. The lowest BCUT2D eigenvalue weighted by molar-refractivity contribution is 1.16. The van der Waals surface area contributed by atoms with Crippen LogP contribution < -0.4 is 4.90 Å². The Morgan fingerprint density at radius 1 is 0.694 bits per heavy atom. The van der Waals surface area contributed by atoms with Crippen LogP contribution in [0.15, 0.2) is 128 Å². The summed E-state index contributed by atoms with van der Waals surface area (Å²) in [6.45, 7) is 4.59. The normalized spacial score (nSPS) is 16.4. The third kappa shape index (κ3) is 3.21. The molecule has 3 nitrogen and oxygen atoms in total. The SMILES string of the molecule is C=C1/C2=C\C=C/N(c3nc4ccccc4nc3-c3ccccc3)c3cccc(c31)-c1ccccc1C2. The predicted molar refractivity (Wildman–Crippen MR) is 149 cm³/mol. The average Bonchev–Trinajstić information content (AvgIpc) is 3.05. The molecule has 170 valence electrons. The summed E-state index contributed by atoms with van der Waals surface area (Å²) >= 11 is 0.